The smallest absolute Gasteiger partial charge is 0.545 e. The topological polar surface area (TPSA) is 173 Å². The van der Waals surface area contributed by atoms with E-state index in [4.69, 9.17) is 0 Å². The van der Waals surface area contributed by atoms with Gasteiger partial charge in [-0.1, -0.05) is 0 Å². The van der Waals surface area contributed by atoms with Gasteiger partial charge in [0.25, 0.3) is 0 Å². The fraction of sp³-hybridized carbons (Fsp3) is 0. The molecule has 22 heavy (non-hydrogen) atoms. The summed E-state index contributed by atoms with van der Waals surface area (Å²) in [6.45, 7) is 0. The third-order valence-electron chi connectivity index (χ3n) is 1.90. The van der Waals surface area contributed by atoms with Gasteiger partial charge < -0.3 is 39.6 Å². The number of carbonyl (C=O) groups is 4. The maximum atomic E-state index is 10.7. The molecule has 1 aromatic rings. The van der Waals surface area contributed by atoms with Crippen molar-refractivity contribution >= 4 is 23.9 Å². The summed E-state index contributed by atoms with van der Waals surface area (Å²) in [6, 6.07) is 0. The van der Waals surface area contributed by atoms with Crippen molar-refractivity contribution in [2.45, 2.75) is 0 Å². The van der Waals surface area contributed by atoms with Gasteiger partial charge in [0.1, 0.15) is 0 Å². The van der Waals surface area contributed by atoms with Crippen molar-refractivity contribution in [1.82, 2.24) is 4.98 Å². The molecule has 0 N–H and O–H groups in total. The first kappa shape index (κ1) is 33.2. The van der Waals surface area contributed by atoms with Gasteiger partial charge >= 0.3 is 206 Å². The van der Waals surface area contributed by atoms with E-state index in [1.165, 1.54) is 0 Å². The van der Waals surface area contributed by atoms with Gasteiger partial charge in [0, 0.05) is 22.9 Å². The SMILES string of the molecule is O=C([O-])c1cnc(C(=O)[O-])c(C(=O)[O-])c1C(=O)[O-].[K+].[K+].[K+].[K+]. The zero-order valence-electron chi connectivity index (χ0n) is 12.3. The number of pyridine rings is 1. The first-order valence-electron chi connectivity index (χ1n) is 4.15. The summed E-state index contributed by atoms with van der Waals surface area (Å²) in [5.41, 5.74) is -5.26. The maximum absolute atomic E-state index is 10.7. The minimum atomic E-state index is -2.25. The molecule has 0 bridgehead atoms. The molecule has 9 nitrogen and oxygen atoms in total. The molecule has 1 aromatic heterocycles. The van der Waals surface area contributed by atoms with E-state index in [-0.39, 0.29) is 206 Å². The third-order valence-corrected chi connectivity index (χ3v) is 1.90. The zero-order chi connectivity index (χ0) is 14.0. The summed E-state index contributed by atoms with van der Waals surface area (Å²) >= 11 is 0. The fourth-order valence-corrected chi connectivity index (χ4v) is 1.23. The quantitative estimate of drug-likeness (QED) is 0.439. The first-order valence-corrected chi connectivity index (χ1v) is 4.15. The summed E-state index contributed by atoms with van der Waals surface area (Å²) < 4.78 is 0. The number of nitrogens with zero attached hydrogens (tertiary/aromatic N) is 1. The number of hydrogen-bond donors (Lipinski definition) is 0. The van der Waals surface area contributed by atoms with Crippen LogP contribution in [0.15, 0.2) is 6.20 Å². The number of aromatic nitrogens is 1. The molecular weight excluding hydrogens is 406 g/mol. The second-order valence-electron chi connectivity index (χ2n) is 2.92. The fourth-order valence-electron chi connectivity index (χ4n) is 1.23. The molecule has 0 radical (unpaired) electrons. The average molecular weight is 407 g/mol. The van der Waals surface area contributed by atoms with Crippen molar-refractivity contribution in [2.75, 3.05) is 0 Å². The van der Waals surface area contributed by atoms with Crippen LogP contribution >= 0.6 is 0 Å². The summed E-state index contributed by atoms with van der Waals surface area (Å²) in [7, 11) is 0. The van der Waals surface area contributed by atoms with Gasteiger partial charge in [0.15, 0.2) is 0 Å². The van der Waals surface area contributed by atoms with Crippen LogP contribution in [-0.4, -0.2) is 28.9 Å². The maximum Gasteiger partial charge on any atom is 1.00 e. The Morgan fingerprint density at radius 3 is 1.36 bits per heavy atom. The van der Waals surface area contributed by atoms with Crippen LogP contribution in [0.4, 0.5) is 0 Å². The van der Waals surface area contributed by atoms with Crippen LogP contribution < -0.4 is 226 Å². The molecule has 0 spiro atoms. The Balaban J connectivity index is -0.000000405. The largest absolute Gasteiger partial charge is 1.00 e. The molecule has 0 fully saturated rings. The van der Waals surface area contributed by atoms with E-state index in [0.717, 1.165) is 0 Å². The molecule has 0 saturated heterocycles. The van der Waals surface area contributed by atoms with Crippen LogP contribution in [0.2, 0.25) is 0 Å². The predicted octanol–water partition coefficient (Wildman–Crippen LogP) is -17.4. The van der Waals surface area contributed by atoms with Gasteiger partial charge in [0.2, 0.25) is 0 Å². The zero-order valence-corrected chi connectivity index (χ0v) is 24.8. The minimum Gasteiger partial charge on any atom is -0.545 e. The van der Waals surface area contributed by atoms with E-state index in [1.54, 1.807) is 0 Å². The normalized spacial score (nSPS) is 8.00. The van der Waals surface area contributed by atoms with Crippen molar-refractivity contribution in [1.29, 1.82) is 0 Å². The standard InChI is InChI=1S/C9H5NO8.4K/c11-6(12)2-1-10-5(9(17)18)4(8(15)16)3(2)7(13)14;;;;/h1H,(H,11,12)(H,13,14)(H,15,16)(H,17,18);;;;/q;4*+1/p-4. The Bertz CT molecular complexity index is 540. The number of aromatic carboxylic acids is 4. The number of hydrogen-bond acceptors (Lipinski definition) is 9. The van der Waals surface area contributed by atoms with Gasteiger partial charge in [-0.15, -0.1) is 0 Å². The number of carboxylic acids is 4. The van der Waals surface area contributed by atoms with Crippen LogP contribution in [0.5, 0.6) is 0 Å². The van der Waals surface area contributed by atoms with E-state index in [2.05, 4.69) is 4.98 Å². The van der Waals surface area contributed by atoms with E-state index < -0.39 is 46.3 Å². The van der Waals surface area contributed by atoms with Gasteiger partial charge in [-0.3, -0.25) is 4.98 Å². The molecule has 1 rings (SSSR count). The van der Waals surface area contributed by atoms with Gasteiger partial charge in [0.05, 0.1) is 29.6 Å². The number of rotatable bonds is 4. The summed E-state index contributed by atoms with van der Waals surface area (Å²) in [6.07, 6.45) is 0.317. The Labute approximate surface area is 294 Å². The van der Waals surface area contributed by atoms with Crippen molar-refractivity contribution < 1.29 is 245 Å². The number of carboxylic acid groups (broad SMARTS) is 4. The van der Waals surface area contributed by atoms with Crippen LogP contribution in [0.25, 0.3) is 0 Å². The van der Waals surface area contributed by atoms with Gasteiger partial charge in [-0.25, -0.2) is 0 Å². The van der Waals surface area contributed by atoms with Gasteiger partial charge in [-0.2, -0.15) is 0 Å². The Morgan fingerprint density at radius 1 is 0.682 bits per heavy atom. The van der Waals surface area contributed by atoms with Crippen LogP contribution in [0.1, 0.15) is 41.6 Å². The molecule has 0 aromatic carbocycles. The average Bonchev–Trinajstić information content (AvgIpc) is 2.26. The van der Waals surface area contributed by atoms with Crippen LogP contribution in [0, 0.1) is 0 Å². The van der Waals surface area contributed by atoms with E-state index in [0.29, 0.717) is 6.20 Å². The molecule has 1 heterocycles. The third kappa shape index (κ3) is 8.98. The molecule has 13 heteroatoms. The molecule has 0 aliphatic heterocycles. The molecule has 0 aliphatic carbocycles. The van der Waals surface area contributed by atoms with Crippen molar-refractivity contribution in [3.05, 3.63) is 28.6 Å². The molecule has 0 atom stereocenters. The molecule has 0 aliphatic rings. The van der Waals surface area contributed by atoms with E-state index >= 15 is 0 Å². The van der Waals surface area contributed by atoms with E-state index in [1.807, 2.05) is 0 Å². The van der Waals surface area contributed by atoms with Crippen LogP contribution in [-0.2, 0) is 0 Å². The first-order chi connectivity index (χ1) is 8.27. The summed E-state index contributed by atoms with van der Waals surface area (Å²) in [4.78, 5) is 45.4. The second-order valence-corrected chi connectivity index (χ2v) is 2.92. The molecule has 0 saturated carbocycles. The van der Waals surface area contributed by atoms with Crippen molar-refractivity contribution in [3.63, 3.8) is 0 Å². The number of carbonyl (C=O) groups excluding carboxylic acids is 4. The second kappa shape index (κ2) is 15.6. The van der Waals surface area contributed by atoms with Gasteiger partial charge in [-0.05, 0) is 0 Å². The molecule has 0 unspecified atom stereocenters. The van der Waals surface area contributed by atoms with E-state index in [9.17, 15) is 39.6 Å². The monoisotopic (exact) mass is 407 g/mol. The van der Waals surface area contributed by atoms with Crippen LogP contribution in [0.3, 0.4) is 0 Å². The predicted molar refractivity (Wildman–Crippen MR) is 41.6 cm³/mol. The Morgan fingerprint density at radius 2 is 1.09 bits per heavy atom. The van der Waals surface area contributed by atoms with Crippen molar-refractivity contribution in [2.24, 2.45) is 0 Å². The molecule has 94 valence electrons. The molecular formula is C9HK4NO8. The minimum absolute atomic E-state index is 0. The van der Waals surface area contributed by atoms with Crippen molar-refractivity contribution in [3.8, 4) is 0 Å². The Kier molecular flexibility index (Phi) is 23.6. The Hall–Kier alpha value is 3.58. The molecule has 0 amide bonds. The summed E-state index contributed by atoms with van der Waals surface area (Å²) in [5, 5.41) is 42.5. The summed E-state index contributed by atoms with van der Waals surface area (Å²) in [5.74, 6) is -8.64.